The van der Waals surface area contributed by atoms with Crippen LogP contribution in [0, 0.1) is 11.6 Å². The highest BCUT2D eigenvalue weighted by molar-refractivity contribution is 6.20. The van der Waals surface area contributed by atoms with Crippen molar-refractivity contribution in [2.75, 3.05) is 0 Å². The van der Waals surface area contributed by atoms with Gasteiger partial charge in [-0.15, -0.1) is 11.6 Å². The number of benzene rings is 1. The van der Waals surface area contributed by atoms with Gasteiger partial charge in [0.1, 0.15) is 23.0 Å². The van der Waals surface area contributed by atoms with Crippen molar-refractivity contribution in [2.45, 2.75) is 18.8 Å². The fourth-order valence-electron chi connectivity index (χ4n) is 2.27. The number of aromatic nitrogens is 3. The molecule has 0 N–H and O–H groups in total. The van der Waals surface area contributed by atoms with Crippen LogP contribution in [-0.4, -0.2) is 14.5 Å². The van der Waals surface area contributed by atoms with Crippen molar-refractivity contribution in [3.63, 3.8) is 0 Å². The Morgan fingerprint density at radius 3 is 2.86 bits per heavy atom. The molecule has 0 radical (unpaired) electrons. The molecule has 0 bridgehead atoms. The summed E-state index contributed by atoms with van der Waals surface area (Å²) in [7, 11) is 0. The van der Waals surface area contributed by atoms with Crippen LogP contribution in [0.2, 0.25) is 0 Å². The molecular weight excluding hydrogens is 296 g/mol. The van der Waals surface area contributed by atoms with E-state index in [2.05, 4.69) is 9.97 Å². The van der Waals surface area contributed by atoms with E-state index in [1.54, 1.807) is 23.8 Å². The van der Waals surface area contributed by atoms with Crippen LogP contribution in [0.5, 0.6) is 0 Å². The van der Waals surface area contributed by atoms with Gasteiger partial charge in [0.25, 0.3) is 0 Å². The average Bonchev–Trinajstić information content (AvgIpc) is 2.82. The fraction of sp³-hybridized carbons (Fsp3) is 0.200. The fourth-order valence-corrected chi connectivity index (χ4v) is 2.44. The summed E-state index contributed by atoms with van der Waals surface area (Å²) in [5.41, 5.74) is 1.51. The van der Waals surface area contributed by atoms with Gasteiger partial charge in [0.05, 0.1) is 11.9 Å². The first kappa shape index (κ1) is 13.9. The van der Waals surface area contributed by atoms with Crippen molar-refractivity contribution < 1.29 is 8.78 Å². The minimum absolute atomic E-state index is 0.128. The van der Waals surface area contributed by atoms with Crippen molar-refractivity contribution in [3.05, 3.63) is 59.6 Å². The highest BCUT2D eigenvalue weighted by Gasteiger charge is 2.17. The first-order valence-electron chi connectivity index (χ1n) is 6.45. The zero-order valence-corrected chi connectivity index (χ0v) is 12.0. The molecule has 0 aliphatic heterocycles. The van der Waals surface area contributed by atoms with E-state index in [1.165, 1.54) is 6.07 Å². The summed E-state index contributed by atoms with van der Waals surface area (Å²) in [4.78, 5) is 8.67. The van der Waals surface area contributed by atoms with Gasteiger partial charge in [-0.25, -0.2) is 18.7 Å². The summed E-state index contributed by atoms with van der Waals surface area (Å²) in [5, 5.41) is -0.365. The van der Waals surface area contributed by atoms with Gasteiger partial charge in [0.15, 0.2) is 5.65 Å². The van der Waals surface area contributed by atoms with Crippen molar-refractivity contribution >= 4 is 22.8 Å². The maximum absolute atomic E-state index is 13.8. The van der Waals surface area contributed by atoms with E-state index in [0.717, 1.165) is 12.1 Å². The molecule has 3 rings (SSSR count). The number of imidazole rings is 1. The third-order valence-electron chi connectivity index (χ3n) is 3.23. The Balaban J connectivity index is 2.15. The number of hydrogen-bond donors (Lipinski definition) is 0. The van der Waals surface area contributed by atoms with Crippen LogP contribution in [0.3, 0.4) is 0 Å². The maximum atomic E-state index is 13.8. The molecule has 3 nitrogen and oxygen atoms in total. The molecule has 0 amide bonds. The van der Waals surface area contributed by atoms with E-state index in [4.69, 9.17) is 11.6 Å². The van der Waals surface area contributed by atoms with Gasteiger partial charge in [0.2, 0.25) is 0 Å². The lowest BCUT2D eigenvalue weighted by Crippen LogP contribution is -2.08. The molecule has 0 saturated heterocycles. The second-order valence-electron chi connectivity index (χ2n) is 4.75. The van der Waals surface area contributed by atoms with Crippen molar-refractivity contribution in [1.82, 2.24) is 14.5 Å². The first-order valence-corrected chi connectivity index (χ1v) is 6.89. The molecular formula is C15H12ClF2N3. The molecule has 0 aliphatic rings. The highest BCUT2D eigenvalue weighted by atomic mass is 35.5. The monoisotopic (exact) mass is 307 g/mol. The normalized spacial score (nSPS) is 12.8. The Labute approximate surface area is 125 Å². The van der Waals surface area contributed by atoms with Crippen LogP contribution >= 0.6 is 11.6 Å². The SMILES string of the molecule is CC(Cl)c1nc2cccnc2n1Cc1cc(F)ccc1F. The zero-order valence-electron chi connectivity index (χ0n) is 11.2. The van der Waals surface area contributed by atoms with Gasteiger partial charge in [-0.1, -0.05) is 0 Å². The van der Waals surface area contributed by atoms with Gasteiger partial charge >= 0.3 is 0 Å². The lowest BCUT2D eigenvalue weighted by atomic mass is 10.2. The molecule has 1 unspecified atom stereocenters. The lowest BCUT2D eigenvalue weighted by molar-refractivity contribution is 0.575. The molecule has 0 spiro atoms. The Morgan fingerprint density at radius 1 is 1.29 bits per heavy atom. The number of pyridine rings is 1. The number of halogens is 3. The Morgan fingerprint density at radius 2 is 2.10 bits per heavy atom. The van der Waals surface area contributed by atoms with Gasteiger partial charge in [-0.2, -0.15) is 0 Å². The highest BCUT2D eigenvalue weighted by Crippen LogP contribution is 2.25. The molecule has 1 aromatic carbocycles. The predicted molar refractivity (Wildman–Crippen MR) is 77.3 cm³/mol. The number of fused-ring (bicyclic) bond motifs is 1. The number of alkyl halides is 1. The molecule has 6 heteroatoms. The van der Waals surface area contributed by atoms with Gasteiger partial charge in [-0.05, 0) is 37.3 Å². The summed E-state index contributed by atoms with van der Waals surface area (Å²) < 4.78 is 28.9. The third-order valence-corrected chi connectivity index (χ3v) is 3.42. The van der Waals surface area contributed by atoms with E-state index >= 15 is 0 Å². The quantitative estimate of drug-likeness (QED) is 0.683. The Hall–Kier alpha value is -2.01. The van der Waals surface area contributed by atoms with Crippen LogP contribution in [0.25, 0.3) is 11.2 Å². The molecule has 108 valence electrons. The summed E-state index contributed by atoms with van der Waals surface area (Å²) >= 11 is 6.14. The largest absolute Gasteiger partial charge is 0.307 e. The first-order chi connectivity index (χ1) is 10.1. The summed E-state index contributed by atoms with van der Waals surface area (Å²) in [6.07, 6.45) is 1.63. The van der Waals surface area contributed by atoms with Crippen LogP contribution < -0.4 is 0 Å². The minimum Gasteiger partial charge on any atom is -0.307 e. The Kier molecular flexibility index (Phi) is 3.59. The molecule has 2 aromatic heterocycles. The number of hydrogen-bond acceptors (Lipinski definition) is 2. The summed E-state index contributed by atoms with van der Waals surface area (Å²) in [6, 6.07) is 6.95. The third kappa shape index (κ3) is 2.61. The standard InChI is InChI=1S/C15H12ClF2N3/c1-9(16)14-20-13-3-2-6-19-15(13)21(14)8-10-7-11(17)4-5-12(10)18/h2-7,9H,8H2,1H3. The van der Waals surface area contributed by atoms with Crippen molar-refractivity contribution in [1.29, 1.82) is 0 Å². The predicted octanol–water partition coefficient (Wildman–Crippen LogP) is 4.06. The molecule has 0 aliphatic carbocycles. The molecule has 21 heavy (non-hydrogen) atoms. The van der Waals surface area contributed by atoms with E-state index in [-0.39, 0.29) is 17.5 Å². The number of nitrogens with zero attached hydrogens (tertiary/aromatic N) is 3. The summed E-state index contributed by atoms with van der Waals surface area (Å²) in [5.74, 6) is -0.374. The topological polar surface area (TPSA) is 30.7 Å². The minimum atomic E-state index is -0.482. The molecule has 2 heterocycles. The van der Waals surface area contributed by atoms with E-state index < -0.39 is 11.6 Å². The van der Waals surface area contributed by atoms with Crippen LogP contribution in [0.15, 0.2) is 36.5 Å². The average molecular weight is 308 g/mol. The summed E-state index contributed by atoms with van der Waals surface area (Å²) in [6.45, 7) is 1.91. The molecule has 3 aromatic rings. The zero-order chi connectivity index (χ0) is 15.0. The second kappa shape index (κ2) is 5.41. The van der Waals surface area contributed by atoms with E-state index in [1.807, 2.05) is 6.07 Å². The lowest BCUT2D eigenvalue weighted by Gasteiger charge is -2.10. The van der Waals surface area contributed by atoms with Crippen LogP contribution in [-0.2, 0) is 6.54 Å². The van der Waals surface area contributed by atoms with Crippen LogP contribution in [0.4, 0.5) is 8.78 Å². The van der Waals surface area contributed by atoms with E-state index in [9.17, 15) is 8.78 Å². The van der Waals surface area contributed by atoms with Crippen molar-refractivity contribution in [2.24, 2.45) is 0 Å². The van der Waals surface area contributed by atoms with Gasteiger partial charge < -0.3 is 4.57 Å². The van der Waals surface area contributed by atoms with Crippen molar-refractivity contribution in [3.8, 4) is 0 Å². The van der Waals surface area contributed by atoms with Crippen LogP contribution in [0.1, 0.15) is 23.7 Å². The smallest absolute Gasteiger partial charge is 0.160 e. The second-order valence-corrected chi connectivity index (χ2v) is 5.41. The van der Waals surface area contributed by atoms with Gasteiger partial charge in [0, 0.05) is 11.8 Å². The molecule has 0 fully saturated rings. The maximum Gasteiger partial charge on any atom is 0.160 e. The number of rotatable bonds is 3. The molecule has 1 atom stereocenters. The van der Waals surface area contributed by atoms with E-state index in [0.29, 0.717) is 17.0 Å². The Bertz CT molecular complexity index is 799. The molecule has 0 saturated carbocycles. The van der Waals surface area contributed by atoms with Gasteiger partial charge in [-0.3, -0.25) is 0 Å².